The predicted octanol–water partition coefficient (Wildman–Crippen LogP) is 2.34. The molecule has 2 aromatic carbocycles. The van der Waals surface area contributed by atoms with Gasteiger partial charge in [-0.2, -0.15) is 0 Å². The Balaban J connectivity index is 1.43. The fourth-order valence-electron chi connectivity index (χ4n) is 3.04. The number of hydrogen-bond acceptors (Lipinski definition) is 5. The second kappa shape index (κ2) is 9.32. The summed E-state index contributed by atoms with van der Waals surface area (Å²) in [6.07, 6.45) is 0. The first kappa shape index (κ1) is 19.8. The zero-order chi connectivity index (χ0) is 19.9. The van der Waals surface area contributed by atoms with Gasteiger partial charge in [0.2, 0.25) is 0 Å². The van der Waals surface area contributed by atoms with Gasteiger partial charge >= 0.3 is 5.97 Å². The van der Waals surface area contributed by atoms with E-state index in [1.54, 1.807) is 17.0 Å². The summed E-state index contributed by atoms with van der Waals surface area (Å²) in [7, 11) is 1.36. The molecule has 0 atom stereocenters. The van der Waals surface area contributed by atoms with E-state index in [0.29, 0.717) is 24.4 Å². The van der Waals surface area contributed by atoms with E-state index < -0.39 is 0 Å². The molecule has 148 valence electrons. The predicted molar refractivity (Wildman–Crippen MR) is 102 cm³/mol. The Hall–Kier alpha value is -2.93. The van der Waals surface area contributed by atoms with E-state index in [0.717, 1.165) is 25.2 Å². The normalized spacial score (nSPS) is 14.6. The summed E-state index contributed by atoms with van der Waals surface area (Å²) >= 11 is 0. The Labute approximate surface area is 163 Å². The molecule has 0 radical (unpaired) electrons. The molecule has 1 fully saturated rings. The van der Waals surface area contributed by atoms with Crippen LogP contribution in [-0.2, 0) is 16.1 Å². The maximum atomic E-state index is 12.9. The van der Waals surface area contributed by atoms with Crippen LogP contribution in [0.4, 0.5) is 4.39 Å². The van der Waals surface area contributed by atoms with E-state index in [9.17, 15) is 14.0 Å². The molecule has 1 amide bonds. The summed E-state index contributed by atoms with van der Waals surface area (Å²) in [6.45, 7) is 3.50. The molecule has 1 aliphatic heterocycles. The van der Waals surface area contributed by atoms with E-state index in [2.05, 4.69) is 4.90 Å². The number of halogens is 1. The van der Waals surface area contributed by atoms with Gasteiger partial charge in [0.05, 0.1) is 12.7 Å². The molecular formula is C21H23FN2O4. The fraction of sp³-hybridized carbons (Fsp3) is 0.333. The highest BCUT2D eigenvalue weighted by atomic mass is 19.1. The van der Waals surface area contributed by atoms with Gasteiger partial charge in [-0.3, -0.25) is 9.69 Å². The van der Waals surface area contributed by atoms with Crippen molar-refractivity contribution in [2.24, 2.45) is 0 Å². The Kier molecular flexibility index (Phi) is 6.60. The molecule has 0 unspecified atom stereocenters. The minimum Gasteiger partial charge on any atom is -0.484 e. The number of carbonyl (C=O) groups is 2. The van der Waals surface area contributed by atoms with Gasteiger partial charge in [-0.05, 0) is 42.0 Å². The Bertz CT molecular complexity index is 800. The SMILES string of the molecule is COC(=O)c1ccc(CN2CCN(C(=O)COc3ccc(F)cc3)CC2)cc1. The number of piperazine rings is 1. The van der Waals surface area contributed by atoms with Crippen molar-refractivity contribution < 1.29 is 23.5 Å². The molecule has 6 nitrogen and oxygen atoms in total. The maximum absolute atomic E-state index is 12.9. The van der Waals surface area contributed by atoms with Crippen LogP contribution in [0.1, 0.15) is 15.9 Å². The molecule has 1 heterocycles. The molecule has 0 aromatic heterocycles. The minimum atomic E-state index is -0.346. The van der Waals surface area contributed by atoms with Gasteiger partial charge in [0.1, 0.15) is 11.6 Å². The summed E-state index contributed by atoms with van der Waals surface area (Å²) in [5.74, 6) is -0.286. The maximum Gasteiger partial charge on any atom is 0.337 e. The number of nitrogens with zero attached hydrogens (tertiary/aromatic N) is 2. The zero-order valence-electron chi connectivity index (χ0n) is 15.8. The third kappa shape index (κ3) is 5.29. The van der Waals surface area contributed by atoms with Crippen molar-refractivity contribution in [2.45, 2.75) is 6.54 Å². The fourth-order valence-corrected chi connectivity index (χ4v) is 3.04. The highest BCUT2D eigenvalue weighted by molar-refractivity contribution is 5.89. The third-order valence-corrected chi connectivity index (χ3v) is 4.68. The molecule has 0 spiro atoms. The van der Waals surface area contributed by atoms with Crippen LogP contribution in [-0.4, -0.2) is 61.6 Å². The van der Waals surface area contributed by atoms with Gasteiger partial charge in [0.25, 0.3) is 5.91 Å². The van der Waals surface area contributed by atoms with E-state index in [1.165, 1.54) is 31.4 Å². The second-order valence-corrected chi connectivity index (χ2v) is 6.59. The van der Waals surface area contributed by atoms with Crippen LogP contribution >= 0.6 is 0 Å². The summed E-state index contributed by atoms with van der Waals surface area (Å²) in [6, 6.07) is 13.0. The van der Waals surface area contributed by atoms with Crippen molar-refractivity contribution >= 4 is 11.9 Å². The molecule has 7 heteroatoms. The average Bonchev–Trinajstić information content (AvgIpc) is 2.73. The lowest BCUT2D eigenvalue weighted by atomic mass is 10.1. The van der Waals surface area contributed by atoms with Gasteiger partial charge in [-0.1, -0.05) is 12.1 Å². The number of methoxy groups -OCH3 is 1. The first-order valence-electron chi connectivity index (χ1n) is 9.11. The van der Waals surface area contributed by atoms with Crippen LogP contribution in [0.3, 0.4) is 0 Å². The first-order valence-corrected chi connectivity index (χ1v) is 9.11. The Morgan fingerprint density at radius 1 is 0.964 bits per heavy atom. The number of benzene rings is 2. The summed E-state index contributed by atoms with van der Waals surface area (Å²) in [5, 5.41) is 0. The number of carbonyl (C=O) groups excluding carboxylic acids is 2. The summed E-state index contributed by atoms with van der Waals surface area (Å²) < 4.78 is 23.0. The molecule has 0 saturated carbocycles. The lowest BCUT2D eigenvalue weighted by Gasteiger charge is -2.34. The summed E-state index contributed by atoms with van der Waals surface area (Å²) in [5.41, 5.74) is 1.63. The standard InChI is InChI=1S/C21H23FN2O4/c1-27-21(26)17-4-2-16(3-5-17)14-23-10-12-24(13-11-23)20(25)15-28-19-8-6-18(22)7-9-19/h2-9H,10-15H2,1H3. The van der Waals surface area contributed by atoms with Gasteiger partial charge < -0.3 is 14.4 Å². The van der Waals surface area contributed by atoms with Crippen molar-refractivity contribution in [3.05, 3.63) is 65.5 Å². The van der Waals surface area contributed by atoms with E-state index in [-0.39, 0.29) is 24.3 Å². The molecule has 0 bridgehead atoms. The van der Waals surface area contributed by atoms with Crippen molar-refractivity contribution in [2.75, 3.05) is 39.9 Å². The highest BCUT2D eigenvalue weighted by Crippen LogP contribution is 2.13. The van der Waals surface area contributed by atoms with Crippen molar-refractivity contribution in [3.63, 3.8) is 0 Å². The molecule has 1 saturated heterocycles. The number of esters is 1. The van der Waals surface area contributed by atoms with Crippen LogP contribution in [0.15, 0.2) is 48.5 Å². The van der Waals surface area contributed by atoms with Gasteiger partial charge in [0.15, 0.2) is 6.61 Å². The zero-order valence-corrected chi connectivity index (χ0v) is 15.8. The Morgan fingerprint density at radius 3 is 2.21 bits per heavy atom. The van der Waals surface area contributed by atoms with Crippen LogP contribution < -0.4 is 4.74 Å². The first-order chi connectivity index (χ1) is 13.5. The van der Waals surface area contributed by atoms with Crippen LogP contribution in [0.25, 0.3) is 0 Å². The van der Waals surface area contributed by atoms with Crippen LogP contribution in [0.2, 0.25) is 0 Å². The van der Waals surface area contributed by atoms with Gasteiger partial charge in [-0.25, -0.2) is 9.18 Å². The minimum absolute atomic E-state index is 0.0549. The number of rotatable bonds is 6. The Morgan fingerprint density at radius 2 is 1.61 bits per heavy atom. The smallest absolute Gasteiger partial charge is 0.337 e. The second-order valence-electron chi connectivity index (χ2n) is 6.59. The van der Waals surface area contributed by atoms with E-state index >= 15 is 0 Å². The molecule has 28 heavy (non-hydrogen) atoms. The van der Waals surface area contributed by atoms with Crippen molar-refractivity contribution in [3.8, 4) is 5.75 Å². The van der Waals surface area contributed by atoms with Crippen LogP contribution in [0.5, 0.6) is 5.75 Å². The van der Waals surface area contributed by atoms with E-state index in [4.69, 9.17) is 9.47 Å². The van der Waals surface area contributed by atoms with E-state index in [1.807, 2.05) is 12.1 Å². The third-order valence-electron chi connectivity index (χ3n) is 4.68. The monoisotopic (exact) mass is 386 g/mol. The number of ether oxygens (including phenoxy) is 2. The topological polar surface area (TPSA) is 59.1 Å². The highest BCUT2D eigenvalue weighted by Gasteiger charge is 2.21. The summed E-state index contributed by atoms with van der Waals surface area (Å²) in [4.78, 5) is 27.8. The molecule has 2 aromatic rings. The lowest BCUT2D eigenvalue weighted by molar-refractivity contribution is -0.135. The molecular weight excluding hydrogens is 363 g/mol. The number of amides is 1. The van der Waals surface area contributed by atoms with Gasteiger partial charge in [-0.15, -0.1) is 0 Å². The van der Waals surface area contributed by atoms with Crippen molar-refractivity contribution in [1.82, 2.24) is 9.80 Å². The van der Waals surface area contributed by atoms with Crippen LogP contribution in [0, 0.1) is 5.82 Å². The molecule has 0 aliphatic carbocycles. The number of hydrogen-bond donors (Lipinski definition) is 0. The molecule has 3 rings (SSSR count). The quantitative estimate of drug-likeness (QED) is 0.714. The lowest BCUT2D eigenvalue weighted by Crippen LogP contribution is -2.49. The van der Waals surface area contributed by atoms with Crippen molar-refractivity contribution in [1.29, 1.82) is 0 Å². The molecule has 0 N–H and O–H groups in total. The average molecular weight is 386 g/mol. The van der Waals surface area contributed by atoms with Gasteiger partial charge in [0, 0.05) is 32.7 Å². The largest absolute Gasteiger partial charge is 0.484 e. The molecule has 1 aliphatic rings.